The number of para-hydroxylation sites is 1. The zero-order valence-electron chi connectivity index (χ0n) is 12.6. The summed E-state index contributed by atoms with van der Waals surface area (Å²) in [5, 5.41) is 3.26. The van der Waals surface area contributed by atoms with E-state index in [9.17, 15) is 4.79 Å². The molecule has 2 nitrogen and oxygen atoms in total. The third-order valence-corrected chi connectivity index (χ3v) is 3.74. The number of carbonyl (C=O) groups excluding carboxylic acids is 1. The first-order chi connectivity index (χ1) is 9.49. The Balaban J connectivity index is 2.11. The summed E-state index contributed by atoms with van der Waals surface area (Å²) in [6.45, 7) is 8.52. The van der Waals surface area contributed by atoms with E-state index in [2.05, 4.69) is 38.2 Å². The molecule has 2 rings (SSSR count). The highest BCUT2D eigenvalue weighted by atomic mass is 16.1. The number of hydrogen-bond donors (Lipinski definition) is 1. The highest BCUT2D eigenvalue weighted by Crippen LogP contribution is 2.19. The summed E-state index contributed by atoms with van der Waals surface area (Å²) in [5.41, 5.74) is 6.53. The van der Waals surface area contributed by atoms with Crippen molar-refractivity contribution in [2.24, 2.45) is 0 Å². The Labute approximate surface area is 120 Å². The zero-order chi connectivity index (χ0) is 14.7. The van der Waals surface area contributed by atoms with E-state index in [4.69, 9.17) is 0 Å². The smallest absolute Gasteiger partial charge is 0.181 e. The molecule has 0 amide bonds. The summed E-state index contributed by atoms with van der Waals surface area (Å²) in [6.07, 6.45) is 0. The molecule has 0 aliphatic rings. The number of rotatable bonds is 4. The first kappa shape index (κ1) is 14.3. The average molecular weight is 267 g/mol. The van der Waals surface area contributed by atoms with Gasteiger partial charge in [-0.2, -0.15) is 0 Å². The van der Waals surface area contributed by atoms with Crippen LogP contribution in [-0.2, 0) is 0 Å². The molecule has 0 fully saturated rings. The summed E-state index contributed by atoms with van der Waals surface area (Å²) >= 11 is 0. The fraction of sp³-hybridized carbons (Fsp3) is 0.278. The van der Waals surface area contributed by atoms with Crippen molar-refractivity contribution < 1.29 is 4.79 Å². The Morgan fingerprint density at radius 2 is 1.55 bits per heavy atom. The highest BCUT2D eigenvalue weighted by molar-refractivity contribution is 5.99. The van der Waals surface area contributed by atoms with Crippen LogP contribution in [0.25, 0.3) is 0 Å². The van der Waals surface area contributed by atoms with Gasteiger partial charge in [0, 0.05) is 11.3 Å². The first-order valence-corrected chi connectivity index (χ1v) is 6.89. The summed E-state index contributed by atoms with van der Waals surface area (Å²) < 4.78 is 0. The lowest BCUT2D eigenvalue weighted by Gasteiger charge is -2.12. The van der Waals surface area contributed by atoms with Crippen molar-refractivity contribution >= 4 is 11.5 Å². The average Bonchev–Trinajstić information content (AvgIpc) is 2.41. The standard InChI is InChI=1S/C18H21NO/c1-12-8-9-16(10-15(12)4)17(20)11-19-18-13(2)6-5-7-14(18)3/h5-10,19H,11H2,1-4H3. The molecule has 2 aromatic carbocycles. The van der Waals surface area contributed by atoms with E-state index in [0.717, 1.165) is 27.9 Å². The third kappa shape index (κ3) is 3.08. The maximum atomic E-state index is 12.2. The van der Waals surface area contributed by atoms with E-state index in [1.54, 1.807) is 0 Å². The van der Waals surface area contributed by atoms with E-state index in [1.165, 1.54) is 5.56 Å². The van der Waals surface area contributed by atoms with E-state index in [1.807, 2.05) is 31.2 Å². The second kappa shape index (κ2) is 5.91. The molecule has 0 saturated heterocycles. The maximum Gasteiger partial charge on any atom is 0.181 e. The normalized spacial score (nSPS) is 10.4. The van der Waals surface area contributed by atoms with Crippen LogP contribution in [0.4, 0.5) is 5.69 Å². The third-order valence-electron chi connectivity index (χ3n) is 3.74. The number of benzene rings is 2. The van der Waals surface area contributed by atoms with Gasteiger partial charge in [-0.1, -0.05) is 30.3 Å². The minimum atomic E-state index is 0.121. The SMILES string of the molecule is Cc1ccc(C(=O)CNc2c(C)cccc2C)cc1C. The lowest BCUT2D eigenvalue weighted by Crippen LogP contribution is -2.15. The lowest BCUT2D eigenvalue weighted by molar-refractivity contribution is 0.101. The van der Waals surface area contributed by atoms with Crippen LogP contribution in [0, 0.1) is 27.7 Å². The molecule has 20 heavy (non-hydrogen) atoms. The molecule has 0 unspecified atom stereocenters. The molecule has 2 aromatic rings. The predicted octanol–water partition coefficient (Wildman–Crippen LogP) is 4.22. The predicted molar refractivity (Wildman–Crippen MR) is 84.7 cm³/mol. The Morgan fingerprint density at radius 3 is 2.15 bits per heavy atom. The Kier molecular flexibility index (Phi) is 4.23. The number of anilines is 1. The topological polar surface area (TPSA) is 29.1 Å². The summed E-state index contributed by atoms with van der Waals surface area (Å²) in [7, 11) is 0. The van der Waals surface area contributed by atoms with E-state index < -0.39 is 0 Å². The monoisotopic (exact) mass is 267 g/mol. The van der Waals surface area contributed by atoms with Crippen molar-refractivity contribution in [3.05, 3.63) is 64.2 Å². The number of hydrogen-bond acceptors (Lipinski definition) is 2. The van der Waals surface area contributed by atoms with Gasteiger partial charge in [-0.3, -0.25) is 4.79 Å². The number of Topliss-reactive ketones (excluding diaryl/α,β-unsaturated/α-hetero) is 1. The molecule has 0 aromatic heterocycles. The van der Waals surface area contributed by atoms with Crippen LogP contribution >= 0.6 is 0 Å². The Bertz CT molecular complexity index is 624. The van der Waals surface area contributed by atoms with Crippen molar-refractivity contribution in [3.8, 4) is 0 Å². The molecule has 0 heterocycles. The quantitative estimate of drug-likeness (QED) is 0.840. The molecule has 104 valence electrons. The van der Waals surface area contributed by atoms with Crippen molar-refractivity contribution in [1.29, 1.82) is 0 Å². The van der Waals surface area contributed by atoms with Gasteiger partial charge in [0.05, 0.1) is 6.54 Å². The second-order valence-corrected chi connectivity index (χ2v) is 5.34. The van der Waals surface area contributed by atoms with Crippen LogP contribution in [0.3, 0.4) is 0 Å². The van der Waals surface area contributed by atoms with Gasteiger partial charge in [-0.25, -0.2) is 0 Å². The second-order valence-electron chi connectivity index (χ2n) is 5.34. The molecule has 0 aliphatic carbocycles. The van der Waals surface area contributed by atoms with Crippen molar-refractivity contribution in [2.75, 3.05) is 11.9 Å². The fourth-order valence-electron chi connectivity index (χ4n) is 2.28. The molecular formula is C18H21NO. The number of ketones is 1. The van der Waals surface area contributed by atoms with Crippen LogP contribution in [0.1, 0.15) is 32.6 Å². The Morgan fingerprint density at radius 1 is 0.900 bits per heavy atom. The van der Waals surface area contributed by atoms with Crippen molar-refractivity contribution in [2.45, 2.75) is 27.7 Å². The minimum Gasteiger partial charge on any atom is -0.377 e. The van der Waals surface area contributed by atoms with Gasteiger partial charge >= 0.3 is 0 Å². The van der Waals surface area contributed by atoms with Crippen LogP contribution in [0.2, 0.25) is 0 Å². The zero-order valence-corrected chi connectivity index (χ0v) is 12.6. The van der Waals surface area contributed by atoms with E-state index >= 15 is 0 Å². The molecule has 0 saturated carbocycles. The summed E-state index contributed by atoms with van der Waals surface area (Å²) in [5.74, 6) is 0.121. The Hall–Kier alpha value is -2.09. The van der Waals surface area contributed by atoms with Gasteiger partial charge in [0.1, 0.15) is 0 Å². The van der Waals surface area contributed by atoms with Gasteiger partial charge < -0.3 is 5.32 Å². The molecule has 0 aliphatic heterocycles. The van der Waals surface area contributed by atoms with Crippen LogP contribution < -0.4 is 5.32 Å². The highest BCUT2D eigenvalue weighted by Gasteiger charge is 2.08. The van der Waals surface area contributed by atoms with Crippen molar-refractivity contribution in [1.82, 2.24) is 0 Å². The van der Waals surface area contributed by atoms with Gasteiger partial charge in [-0.05, 0) is 56.0 Å². The summed E-state index contributed by atoms with van der Waals surface area (Å²) in [6, 6.07) is 12.0. The van der Waals surface area contributed by atoms with Gasteiger partial charge in [0.25, 0.3) is 0 Å². The van der Waals surface area contributed by atoms with Gasteiger partial charge in [0.2, 0.25) is 0 Å². The van der Waals surface area contributed by atoms with E-state index in [-0.39, 0.29) is 5.78 Å². The molecule has 0 bridgehead atoms. The number of nitrogens with one attached hydrogen (secondary N) is 1. The first-order valence-electron chi connectivity index (χ1n) is 6.89. The van der Waals surface area contributed by atoms with Gasteiger partial charge in [-0.15, -0.1) is 0 Å². The number of carbonyl (C=O) groups is 1. The maximum absolute atomic E-state index is 12.2. The molecule has 0 spiro atoms. The molecule has 0 atom stereocenters. The molecule has 0 radical (unpaired) electrons. The molecule has 2 heteroatoms. The van der Waals surface area contributed by atoms with Gasteiger partial charge in [0.15, 0.2) is 5.78 Å². The van der Waals surface area contributed by atoms with Crippen LogP contribution in [-0.4, -0.2) is 12.3 Å². The largest absolute Gasteiger partial charge is 0.377 e. The number of aryl methyl sites for hydroxylation is 4. The van der Waals surface area contributed by atoms with Crippen molar-refractivity contribution in [3.63, 3.8) is 0 Å². The van der Waals surface area contributed by atoms with E-state index in [0.29, 0.717) is 6.54 Å². The molecule has 1 N–H and O–H groups in total. The van der Waals surface area contributed by atoms with Crippen LogP contribution in [0.15, 0.2) is 36.4 Å². The fourth-order valence-corrected chi connectivity index (χ4v) is 2.28. The minimum absolute atomic E-state index is 0.121. The molecular weight excluding hydrogens is 246 g/mol. The van der Waals surface area contributed by atoms with Crippen LogP contribution in [0.5, 0.6) is 0 Å². The summed E-state index contributed by atoms with van der Waals surface area (Å²) in [4.78, 5) is 12.2. The lowest BCUT2D eigenvalue weighted by atomic mass is 10.0.